The molecule has 0 saturated carbocycles. The zero-order valence-corrected chi connectivity index (χ0v) is 14.4. The van der Waals surface area contributed by atoms with Crippen LogP contribution in [-0.4, -0.2) is 18.6 Å². The molecule has 0 saturated heterocycles. The van der Waals surface area contributed by atoms with Crippen molar-refractivity contribution in [3.63, 3.8) is 0 Å². The second kappa shape index (κ2) is 6.10. The Balaban J connectivity index is 1.99. The second-order valence-corrected chi connectivity index (χ2v) is 6.40. The molecule has 0 fully saturated rings. The van der Waals surface area contributed by atoms with Gasteiger partial charge in [0, 0.05) is 23.8 Å². The summed E-state index contributed by atoms with van der Waals surface area (Å²) in [5, 5.41) is 10.6. The number of ether oxygens (including phenoxy) is 1. The van der Waals surface area contributed by atoms with Crippen LogP contribution < -0.4 is 9.64 Å². The van der Waals surface area contributed by atoms with Gasteiger partial charge in [-0.05, 0) is 49.6 Å². The average Bonchev–Trinajstić information content (AvgIpc) is 2.65. The number of aromatic nitrogens is 1. The Bertz CT molecular complexity index is 1000. The van der Waals surface area contributed by atoms with Crippen molar-refractivity contribution in [1.82, 2.24) is 4.98 Å². The van der Waals surface area contributed by atoms with Crippen LogP contribution in [0.1, 0.15) is 23.1 Å². The van der Waals surface area contributed by atoms with Gasteiger partial charge >= 0.3 is 0 Å². The number of benzene rings is 2. The van der Waals surface area contributed by atoms with Gasteiger partial charge in [-0.15, -0.1) is 0 Å². The summed E-state index contributed by atoms with van der Waals surface area (Å²) in [5.74, 6) is 0.770. The van der Waals surface area contributed by atoms with Gasteiger partial charge in [-0.3, -0.25) is 4.98 Å². The number of nitriles is 1. The lowest BCUT2D eigenvalue weighted by atomic mass is 9.97. The molecule has 2 heterocycles. The third kappa shape index (κ3) is 2.58. The minimum absolute atomic E-state index is 0.592. The molecule has 0 N–H and O–H groups in total. The lowest BCUT2D eigenvalue weighted by molar-refractivity contribution is 0.415. The molecule has 0 radical (unpaired) electrons. The Labute approximate surface area is 147 Å². The van der Waals surface area contributed by atoms with Crippen molar-refractivity contribution < 1.29 is 4.74 Å². The molecule has 4 rings (SSSR count). The topological polar surface area (TPSA) is 49.1 Å². The molecular weight excluding hydrogens is 310 g/mol. The number of anilines is 2. The second-order valence-electron chi connectivity index (χ2n) is 6.40. The van der Waals surface area contributed by atoms with Gasteiger partial charge in [-0.2, -0.15) is 5.26 Å². The smallest absolute Gasteiger partial charge is 0.119 e. The van der Waals surface area contributed by atoms with Gasteiger partial charge in [0.15, 0.2) is 0 Å². The van der Waals surface area contributed by atoms with Crippen molar-refractivity contribution >= 4 is 22.3 Å². The van der Waals surface area contributed by atoms with Gasteiger partial charge in [0.05, 0.1) is 23.9 Å². The van der Waals surface area contributed by atoms with Gasteiger partial charge in [0.25, 0.3) is 0 Å². The van der Waals surface area contributed by atoms with E-state index in [1.807, 2.05) is 18.2 Å². The predicted octanol–water partition coefficient (Wildman–Crippen LogP) is 4.51. The largest absolute Gasteiger partial charge is 0.497 e. The highest BCUT2D eigenvalue weighted by Crippen LogP contribution is 2.40. The summed E-state index contributed by atoms with van der Waals surface area (Å²) in [6.07, 6.45) is 3.81. The van der Waals surface area contributed by atoms with Crippen LogP contribution in [0.25, 0.3) is 10.9 Å². The third-order valence-electron chi connectivity index (χ3n) is 4.79. The molecule has 25 heavy (non-hydrogen) atoms. The summed E-state index contributed by atoms with van der Waals surface area (Å²) < 4.78 is 5.39. The molecule has 1 aromatic heterocycles. The van der Waals surface area contributed by atoms with Gasteiger partial charge in [-0.25, -0.2) is 0 Å². The van der Waals surface area contributed by atoms with Crippen molar-refractivity contribution in [3.8, 4) is 11.8 Å². The van der Waals surface area contributed by atoms with Crippen LogP contribution in [-0.2, 0) is 6.42 Å². The van der Waals surface area contributed by atoms with E-state index in [2.05, 4.69) is 41.1 Å². The molecule has 1 aliphatic rings. The molecule has 2 aromatic carbocycles. The first-order chi connectivity index (χ1) is 12.2. The fourth-order valence-electron chi connectivity index (χ4n) is 3.62. The number of nitrogens with zero attached hydrogens (tertiary/aromatic N) is 3. The Morgan fingerprint density at radius 3 is 2.88 bits per heavy atom. The van der Waals surface area contributed by atoms with Crippen molar-refractivity contribution in [2.75, 3.05) is 18.6 Å². The Morgan fingerprint density at radius 2 is 2.08 bits per heavy atom. The molecule has 0 amide bonds. The van der Waals surface area contributed by atoms with E-state index < -0.39 is 0 Å². The predicted molar refractivity (Wildman–Crippen MR) is 99.5 cm³/mol. The minimum Gasteiger partial charge on any atom is -0.497 e. The molecule has 0 aliphatic carbocycles. The first kappa shape index (κ1) is 15.5. The first-order valence-electron chi connectivity index (χ1n) is 8.45. The maximum absolute atomic E-state index is 9.68. The summed E-state index contributed by atoms with van der Waals surface area (Å²) in [6.45, 7) is 3.01. The van der Waals surface area contributed by atoms with E-state index in [-0.39, 0.29) is 0 Å². The average molecular weight is 329 g/mol. The van der Waals surface area contributed by atoms with Crippen molar-refractivity contribution in [2.24, 2.45) is 0 Å². The van der Waals surface area contributed by atoms with E-state index in [1.54, 1.807) is 13.3 Å². The van der Waals surface area contributed by atoms with Crippen LogP contribution in [0.4, 0.5) is 11.4 Å². The molecule has 4 heteroatoms. The maximum Gasteiger partial charge on any atom is 0.119 e. The van der Waals surface area contributed by atoms with E-state index in [0.29, 0.717) is 5.56 Å². The summed E-state index contributed by atoms with van der Waals surface area (Å²) in [6, 6.07) is 14.7. The monoisotopic (exact) mass is 329 g/mol. The van der Waals surface area contributed by atoms with Gasteiger partial charge in [-0.1, -0.05) is 17.7 Å². The number of rotatable bonds is 2. The molecule has 124 valence electrons. The van der Waals surface area contributed by atoms with Crippen LogP contribution in [0, 0.1) is 18.3 Å². The standard InChI is InChI=1S/C21H19N3O/c1-14-5-8-20-15(10-14)4-3-9-24(20)21-16(12-22)13-23-19-7-6-17(25-2)11-18(19)21/h5-8,10-11,13H,3-4,9H2,1-2H3. The van der Waals surface area contributed by atoms with E-state index in [1.165, 1.54) is 16.8 Å². The zero-order valence-electron chi connectivity index (χ0n) is 14.4. The van der Waals surface area contributed by atoms with E-state index in [0.717, 1.165) is 41.7 Å². The number of fused-ring (bicyclic) bond motifs is 2. The van der Waals surface area contributed by atoms with Gasteiger partial charge in [0.2, 0.25) is 0 Å². The van der Waals surface area contributed by atoms with E-state index >= 15 is 0 Å². The normalized spacial score (nSPS) is 13.4. The van der Waals surface area contributed by atoms with Crippen LogP contribution in [0.3, 0.4) is 0 Å². The van der Waals surface area contributed by atoms with Gasteiger partial charge in [0.1, 0.15) is 11.8 Å². The lowest BCUT2D eigenvalue weighted by Gasteiger charge is -2.33. The molecule has 4 nitrogen and oxygen atoms in total. The summed E-state index contributed by atoms with van der Waals surface area (Å²) in [4.78, 5) is 6.71. The van der Waals surface area contributed by atoms with Crippen LogP contribution in [0.15, 0.2) is 42.6 Å². The quantitative estimate of drug-likeness (QED) is 0.694. The molecule has 0 atom stereocenters. The van der Waals surface area contributed by atoms with Crippen LogP contribution >= 0.6 is 0 Å². The molecule has 0 spiro atoms. The van der Waals surface area contributed by atoms with Crippen LogP contribution in [0.2, 0.25) is 0 Å². The molecule has 0 unspecified atom stereocenters. The summed E-state index contributed by atoms with van der Waals surface area (Å²) >= 11 is 0. The SMILES string of the molecule is COc1ccc2ncc(C#N)c(N3CCCc4cc(C)ccc43)c2c1. The molecule has 0 bridgehead atoms. The van der Waals surface area contributed by atoms with E-state index in [4.69, 9.17) is 4.74 Å². The molecular formula is C21H19N3O. The summed E-state index contributed by atoms with van der Waals surface area (Å²) in [5.41, 5.74) is 6.17. The minimum atomic E-state index is 0.592. The number of methoxy groups -OCH3 is 1. The van der Waals surface area contributed by atoms with Crippen LogP contribution in [0.5, 0.6) is 5.75 Å². The molecule has 3 aromatic rings. The highest BCUT2D eigenvalue weighted by Gasteiger charge is 2.23. The van der Waals surface area contributed by atoms with Crippen molar-refractivity contribution in [3.05, 3.63) is 59.3 Å². The first-order valence-corrected chi connectivity index (χ1v) is 8.45. The molecule has 1 aliphatic heterocycles. The fraction of sp³-hybridized carbons (Fsp3) is 0.238. The zero-order chi connectivity index (χ0) is 17.4. The third-order valence-corrected chi connectivity index (χ3v) is 4.79. The number of aryl methyl sites for hydroxylation is 2. The lowest BCUT2D eigenvalue weighted by Crippen LogP contribution is -2.25. The van der Waals surface area contributed by atoms with Crippen molar-refractivity contribution in [1.29, 1.82) is 5.26 Å². The highest BCUT2D eigenvalue weighted by molar-refractivity contribution is 5.97. The van der Waals surface area contributed by atoms with Crippen molar-refractivity contribution in [2.45, 2.75) is 19.8 Å². The number of hydrogen-bond acceptors (Lipinski definition) is 4. The highest BCUT2D eigenvalue weighted by atomic mass is 16.5. The Hall–Kier alpha value is -3.06. The fourth-order valence-corrected chi connectivity index (χ4v) is 3.62. The number of hydrogen-bond donors (Lipinski definition) is 0. The van der Waals surface area contributed by atoms with Gasteiger partial charge < -0.3 is 9.64 Å². The summed E-state index contributed by atoms with van der Waals surface area (Å²) in [7, 11) is 1.65. The Kier molecular flexibility index (Phi) is 3.77. The maximum atomic E-state index is 9.68. The van der Waals surface area contributed by atoms with E-state index in [9.17, 15) is 5.26 Å². The number of pyridine rings is 1. The Morgan fingerprint density at radius 1 is 1.20 bits per heavy atom.